The first kappa shape index (κ1) is 16.1. The quantitative estimate of drug-likeness (QED) is 0.746. The lowest BCUT2D eigenvalue weighted by Gasteiger charge is -2.18. The van der Waals surface area contributed by atoms with Crippen LogP contribution < -0.4 is 10.9 Å². The van der Waals surface area contributed by atoms with Gasteiger partial charge < -0.3 is 8.98 Å². The van der Waals surface area contributed by atoms with Crippen molar-refractivity contribution < 1.29 is 4.42 Å². The summed E-state index contributed by atoms with van der Waals surface area (Å²) in [6.07, 6.45) is 4.74. The highest BCUT2D eigenvalue weighted by atomic mass is 16.3. The maximum Gasteiger partial charge on any atom is 0.152 e. The van der Waals surface area contributed by atoms with Gasteiger partial charge in [0.05, 0.1) is 18.3 Å². The average Bonchev–Trinajstić information content (AvgIpc) is 3.35. The maximum atomic E-state index is 5.71. The molecule has 1 aliphatic heterocycles. The van der Waals surface area contributed by atoms with Gasteiger partial charge in [0.15, 0.2) is 5.76 Å². The second-order valence-corrected chi connectivity index (χ2v) is 6.80. The molecule has 2 atom stereocenters. The smallest absolute Gasteiger partial charge is 0.152 e. The largest absolute Gasteiger partial charge is 0.463 e. The molecule has 2 aromatic heterocycles. The van der Waals surface area contributed by atoms with Crippen LogP contribution in [0.5, 0.6) is 0 Å². The highest BCUT2D eigenvalue weighted by Gasteiger charge is 2.29. The van der Waals surface area contributed by atoms with Crippen molar-refractivity contribution in [2.45, 2.75) is 38.9 Å². The number of hydrazine groups is 1. The SMILES string of the molecule is CC1NNC(C)C1CCn1cnc(-c2ccccc2)c1-c1ccco1. The van der Waals surface area contributed by atoms with Crippen LogP contribution in [-0.2, 0) is 6.54 Å². The Kier molecular flexibility index (Phi) is 4.42. The topological polar surface area (TPSA) is 55.0 Å². The van der Waals surface area contributed by atoms with Crippen molar-refractivity contribution in [2.75, 3.05) is 0 Å². The number of furan rings is 1. The predicted molar refractivity (Wildman–Crippen MR) is 98.7 cm³/mol. The second kappa shape index (κ2) is 6.86. The molecule has 130 valence electrons. The number of aryl methyl sites for hydroxylation is 1. The van der Waals surface area contributed by atoms with Crippen LogP contribution in [0.15, 0.2) is 59.5 Å². The van der Waals surface area contributed by atoms with Crippen LogP contribution >= 0.6 is 0 Å². The molecule has 0 radical (unpaired) electrons. The van der Waals surface area contributed by atoms with Crippen LogP contribution in [0.1, 0.15) is 20.3 Å². The van der Waals surface area contributed by atoms with E-state index in [2.05, 4.69) is 41.4 Å². The number of nitrogens with zero attached hydrogens (tertiary/aromatic N) is 2. The Balaban J connectivity index is 1.65. The van der Waals surface area contributed by atoms with E-state index in [-0.39, 0.29) is 0 Å². The molecule has 2 N–H and O–H groups in total. The van der Waals surface area contributed by atoms with Crippen LogP contribution in [0.3, 0.4) is 0 Å². The molecule has 5 nitrogen and oxygen atoms in total. The third-order valence-corrected chi connectivity index (χ3v) is 5.17. The minimum atomic E-state index is 0.471. The van der Waals surface area contributed by atoms with Gasteiger partial charge in [-0.1, -0.05) is 30.3 Å². The van der Waals surface area contributed by atoms with E-state index in [0.717, 1.165) is 35.7 Å². The van der Waals surface area contributed by atoms with Gasteiger partial charge >= 0.3 is 0 Å². The van der Waals surface area contributed by atoms with Crippen LogP contribution in [0, 0.1) is 5.92 Å². The van der Waals surface area contributed by atoms with Gasteiger partial charge in [-0.05, 0) is 38.3 Å². The summed E-state index contributed by atoms with van der Waals surface area (Å²) in [4.78, 5) is 4.70. The van der Waals surface area contributed by atoms with Crippen molar-refractivity contribution in [3.05, 3.63) is 55.1 Å². The van der Waals surface area contributed by atoms with Crippen LogP contribution in [0.25, 0.3) is 22.7 Å². The Morgan fingerprint density at radius 1 is 1.04 bits per heavy atom. The minimum absolute atomic E-state index is 0.471. The number of aromatic nitrogens is 2. The molecule has 0 saturated carbocycles. The molecule has 1 aliphatic rings. The lowest BCUT2D eigenvalue weighted by atomic mass is 9.93. The summed E-state index contributed by atoms with van der Waals surface area (Å²) in [5, 5.41) is 0. The average molecular weight is 336 g/mol. The zero-order valence-corrected chi connectivity index (χ0v) is 14.6. The molecule has 0 aliphatic carbocycles. The highest BCUT2D eigenvalue weighted by molar-refractivity contribution is 5.76. The summed E-state index contributed by atoms with van der Waals surface area (Å²) in [6, 6.07) is 15.2. The minimum Gasteiger partial charge on any atom is -0.463 e. The maximum absolute atomic E-state index is 5.71. The standard InChI is InChI=1S/C20H24N4O/c1-14-17(15(2)23-22-14)10-11-24-13-21-19(16-7-4-3-5-8-16)20(24)18-9-6-12-25-18/h3-9,12-15,17,22-23H,10-11H2,1-2H3. The Morgan fingerprint density at radius 2 is 1.80 bits per heavy atom. The molecule has 1 aromatic carbocycles. The van der Waals surface area contributed by atoms with E-state index in [0.29, 0.717) is 18.0 Å². The van der Waals surface area contributed by atoms with Gasteiger partial charge in [-0.2, -0.15) is 0 Å². The number of nitrogens with one attached hydrogen (secondary N) is 2. The van der Waals surface area contributed by atoms with Crippen molar-refractivity contribution in [1.82, 2.24) is 20.4 Å². The number of imidazole rings is 1. The van der Waals surface area contributed by atoms with E-state index in [1.807, 2.05) is 36.7 Å². The molecule has 1 fully saturated rings. The van der Waals surface area contributed by atoms with Crippen molar-refractivity contribution in [1.29, 1.82) is 0 Å². The van der Waals surface area contributed by atoms with Gasteiger partial charge in [0, 0.05) is 24.2 Å². The Hall–Kier alpha value is -2.37. The van der Waals surface area contributed by atoms with Crippen LogP contribution in [0.4, 0.5) is 0 Å². The first-order chi connectivity index (χ1) is 12.2. The first-order valence-corrected chi connectivity index (χ1v) is 8.89. The number of rotatable bonds is 5. The summed E-state index contributed by atoms with van der Waals surface area (Å²) in [7, 11) is 0. The van der Waals surface area contributed by atoms with Crippen molar-refractivity contribution >= 4 is 0 Å². The van der Waals surface area contributed by atoms with Gasteiger partial charge in [0.1, 0.15) is 5.69 Å². The molecule has 25 heavy (non-hydrogen) atoms. The fraction of sp³-hybridized carbons (Fsp3) is 0.350. The molecular formula is C20H24N4O. The summed E-state index contributed by atoms with van der Waals surface area (Å²) < 4.78 is 7.93. The molecule has 5 heteroatoms. The highest BCUT2D eigenvalue weighted by Crippen LogP contribution is 2.32. The lowest BCUT2D eigenvalue weighted by Crippen LogP contribution is -2.30. The van der Waals surface area contributed by atoms with Crippen molar-refractivity contribution in [3.63, 3.8) is 0 Å². The van der Waals surface area contributed by atoms with E-state index in [4.69, 9.17) is 9.40 Å². The van der Waals surface area contributed by atoms with E-state index in [9.17, 15) is 0 Å². The molecule has 2 unspecified atom stereocenters. The molecule has 1 saturated heterocycles. The summed E-state index contributed by atoms with van der Waals surface area (Å²) in [5.74, 6) is 1.45. The van der Waals surface area contributed by atoms with Crippen LogP contribution in [-0.4, -0.2) is 21.6 Å². The normalized spacial score (nSPS) is 23.2. The molecular weight excluding hydrogens is 312 g/mol. The second-order valence-electron chi connectivity index (χ2n) is 6.80. The van der Waals surface area contributed by atoms with Gasteiger partial charge in [-0.3, -0.25) is 10.9 Å². The number of hydrogen-bond donors (Lipinski definition) is 2. The zero-order valence-electron chi connectivity index (χ0n) is 14.6. The number of benzene rings is 1. The van der Waals surface area contributed by atoms with Gasteiger partial charge in [0.2, 0.25) is 0 Å². The van der Waals surface area contributed by atoms with Gasteiger partial charge in [-0.25, -0.2) is 4.98 Å². The molecule has 0 amide bonds. The molecule has 3 aromatic rings. The first-order valence-electron chi connectivity index (χ1n) is 8.89. The molecule has 3 heterocycles. The third-order valence-electron chi connectivity index (χ3n) is 5.17. The van der Waals surface area contributed by atoms with Crippen LogP contribution in [0.2, 0.25) is 0 Å². The van der Waals surface area contributed by atoms with E-state index < -0.39 is 0 Å². The monoisotopic (exact) mass is 336 g/mol. The van der Waals surface area contributed by atoms with Gasteiger partial charge in [0.25, 0.3) is 0 Å². The molecule has 0 spiro atoms. The zero-order chi connectivity index (χ0) is 17.2. The Morgan fingerprint density at radius 3 is 2.48 bits per heavy atom. The van der Waals surface area contributed by atoms with E-state index in [1.165, 1.54) is 0 Å². The fourth-order valence-corrected chi connectivity index (χ4v) is 3.73. The van der Waals surface area contributed by atoms with Crippen molar-refractivity contribution in [2.24, 2.45) is 5.92 Å². The van der Waals surface area contributed by atoms with E-state index in [1.54, 1.807) is 6.26 Å². The third kappa shape index (κ3) is 3.13. The molecule has 0 bridgehead atoms. The van der Waals surface area contributed by atoms with Crippen molar-refractivity contribution in [3.8, 4) is 22.7 Å². The summed E-state index contributed by atoms with van der Waals surface area (Å²) in [5.41, 5.74) is 9.80. The summed E-state index contributed by atoms with van der Waals surface area (Å²) >= 11 is 0. The van der Waals surface area contributed by atoms with E-state index >= 15 is 0 Å². The predicted octanol–water partition coefficient (Wildman–Crippen LogP) is 3.70. The molecule has 4 rings (SSSR count). The summed E-state index contributed by atoms with van der Waals surface area (Å²) in [6.45, 7) is 5.38. The van der Waals surface area contributed by atoms with Gasteiger partial charge in [-0.15, -0.1) is 0 Å². The number of hydrogen-bond acceptors (Lipinski definition) is 4. The Labute approximate surface area is 148 Å². The fourth-order valence-electron chi connectivity index (χ4n) is 3.73. The lowest BCUT2D eigenvalue weighted by molar-refractivity contribution is 0.387. The Bertz CT molecular complexity index is 800.